The van der Waals surface area contributed by atoms with Crippen molar-refractivity contribution in [3.8, 4) is 0 Å². The molecule has 3 rings (SSSR count). The van der Waals surface area contributed by atoms with Gasteiger partial charge in [0.2, 0.25) is 0 Å². The molecule has 1 aromatic heterocycles. The maximum Gasteiger partial charge on any atom is 0.176 e. The summed E-state index contributed by atoms with van der Waals surface area (Å²) >= 11 is 5.28. The van der Waals surface area contributed by atoms with Crippen molar-refractivity contribution in [2.45, 2.75) is 31.0 Å². The topological polar surface area (TPSA) is 48.4 Å². The van der Waals surface area contributed by atoms with E-state index in [1.807, 2.05) is 17.0 Å². The Morgan fingerprint density at radius 1 is 1.50 bits per heavy atom. The van der Waals surface area contributed by atoms with Gasteiger partial charge >= 0.3 is 0 Å². The largest absolute Gasteiger partial charge is 0.368 e. The van der Waals surface area contributed by atoms with Crippen molar-refractivity contribution in [2.75, 3.05) is 4.90 Å². The molecule has 1 saturated carbocycles. The van der Waals surface area contributed by atoms with E-state index in [4.69, 9.17) is 12.2 Å². The average molecular weight is 235 g/mol. The number of nitrogens with one attached hydrogen (secondary N) is 1. The van der Waals surface area contributed by atoms with Crippen LogP contribution in [0.15, 0.2) is 24.5 Å². The molecule has 1 saturated heterocycles. The normalized spacial score (nSPS) is 32.7. The van der Waals surface area contributed by atoms with Gasteiger partial charge in [0.1, 0.15) is 0 Å². The fourth-order valence-corrected chi connectivity index (χ4v) is 3.06. The zero-order chi connectivity index (χ0) is 11.2. The number of fused-ring (bicyclic) bond motifs is 1. The lowest BCUT2D eigenvalue weighted by Crippen LogP contribution is -2.48. The number of pyridine rings is 1. The van der Waals surface area contributed by atoms with Gasteiger partial charge in [0.15, 0.2) is 10.8 Å². The van der Waals surface area contributed by atoms with Gasteiger partial charge in [0.05, 0.1) is 6.04 Å². The SMILES string of the molecule is OC12CCCC1NC(=S)N2c1ccncc1. The second kappa shape index (κ2) is 3.40. The van der Waals surface area contributed by atoms with Crippen LogP contribution < -0.4 is 10.2 Å². The summed E-state index contributed by atoms with van der Waals surface area (Å²) in [7, 11) is 0. The molecule has 16 heavy (non-hydrogen) atoms. The minimum absolute atomic E-state index is 0.0631. The number of nitrogens with zero attached hydrogens (tertiary/aromatic N) is 2. The standard InChI is InChI=1S/C11H13N3OS/c15-11-5-1-2-9(11)13-10(16)14(11)8-3-6-12-7-4-8/h3-4,6-7,9,15H,1-2,5H2,(H,13,16). The molecule has 1 aromatic rings. The molecule has 2 atom stereocenters. The minimum atomic E-state index is -0.849. The Kier molecular flexibility index (Phi) is 2.12. The van der Waals surface area contributed by atoms with Crippen molar-refractivity contribution < 1.29 is 5.11 Å². The second-order valence-corrected chi connectivity index (χ2v) is 4.70. The molecule has 2 aliphatic rings. The summed E-state index contributed by atoms with van der Waals surface area (Å²) in [5, 5.41) is 14.5. The van der Waals surface area contributed by atoms with Crippen LogP contribution >= 0.6 is 12.2 Å². The van der Waals surface area contributed by atoms with Gasteiger partial charge in [-0.15, -0.1) is 0 Å². The smallest absolute Gasteiger partial charge is 0.176 e. The van der Waals surface area contributed by atoms with Gasteiger partial charge in [-0.1, -0.05) is 0 Å². The fraction of sp³-hybridized carbons (Fsp3) is 0.455. The Morgan fingerprint density at radius 3 is 3.00 bits per heavy atom. The van der Waals surface area contributed by atoms with Crippen LogP contribution in [0.4, 0.5) is 5.69 Å². The van der Waals surface area contributed by atoms with E-state index in [0.717, 1.165) is 24.9 Å². The van der Waals surface area contributed by atoms with Gasteiger partial charge in [-0.3, -0.25) is 9.88 Å². The first-order valence-electron chi connectivity index (χ1n) is 5.45. The van der Waals surface area contributed by atoms with Crippen LogP contribution in [0.3, 0.4) is 0 Å². The van der Waals surface area contributed by atoms with Crippen LogP contribution in [-0.4, -0.2) is 27.0 Å². The Hall–Kier alpha value is -1.20. The summed E-state index contributed by atoms with van der Waals surface area (Å²) in [6.07, 6.45) is 6.18. The Bertz CT molecular complexity index is 424. The molecule has 1 aliphatic heterocycles. The molecule has 0 aromatic carbocycles. The van der Waals surface area contributed by atoms with Crippen LogP contribution in [0.1, 0.15) is 19.3 Å². The zero-order valence-electron chi connectivity index (χ0n) is 8.76. The predicted octanol–water partition coefficient (Wildman–Crippen LogP) is 1.02. The maximum atomic E-state index is 10.7. The summed E-state index contributed by atoms with van der Waals surface area (Å²) in [4.78, 5) is 5.80. The Morgan fingerprint density at radius 2 is 2.25 bits per heavy atom. The summed E-state index contributed by atoms with van der Waals surface area (Å²) in [6.45, 7) is 0. The number of rotatable bonds is 1. The van der Waals surface area contributed by atoms with Crippen LogP contribution in [-0.2, 0) is 0 Å². The molecule has 0 radical (unpaired) electrons. The van der Waals surface area contributed by atoms with E-state index >= 15 is 0 Å². The van der Waals surface area contributed by atoms with E-state index < -0.39 is 5.72 Å². The third-order valence-electron chi connectivity index (χ3n) is 3.40. The molecule has 0 spiro atoms. The highest BCUT2D eigenvalue weighted by Gasteiger charge is 2.53. The number of anilines is 1. The van der Waals surface area contributed by atoms with Crippen LogP contribution in [0, 0.1) is 0 Å². The van der Waals surface area contributed by atoms with Gasteiger partial charge in [0.25, 0.3) is 0 Å². The van der Waals surface area contributed by atoms with Crippen LogP contribution in [0.25, 0.3) is 0 Å². The fourth-order valence-electron chi connectivity index (χ4n) is 2.65. The van der Waals surface area contributed by atoms with Crippen molar-refractivity contribution in [3.05, 3.63) is 24.5 Å². The molecular weight excluding hydrogens is 222 g/mol. The first-order chi connectivity index (χ1) is 7.72. The number of thiocarbonyl (C=S) groups is 1. The summed E-state index contributed by atoms with van der Waals surface area (Å²) in [6, 6.07) is 3.80. The first-order valence-corrected chi connectivity index (χ1v) is 5.86. The lowest BCUT2D eigenvalue weighted by molar-refractivity contribution is 0.0503. The lowest BCUT2D eigenvalue weighted by Gasteiger charge is -2.32. The highest BCUT2D eigenvalue weighted by Crippen LogP contribution is 2.40. The maximum absolute atomic E-state index is 10.7. The lowest BCUT2D eigenvalue weighted by atomic mass is 10.1. The second-order valence-electron chi connectivity index (χ2n) is 4.31. The van der Waals surface area contributed by atoms with Crippen molar-refractivity contribution in [1.29, 1.82) is 0 Å². The molecular formula is C11H13N3OS. The number of hydrogen-bond donors (Lipinski definition) is 2. The molecule has 2 heterocycles. The molecule has 2 N–H and O–H groups in total. The molecule has 0 amide bonds. The predicted molar refractivity (Wildman–Crippen MR) is 65.0 cm³/mol. The number of hydrogen-bond acceptors (Lipinski definition) is 3. The highest BCUT2D eigenvalue weighted by atomic mass is 32.1. The van der Waals surface area contributed by atoms with Crippen molar-refractivity contribution in [3.63, 3.8) is 0 Å². The first kappa shape index (κ1) is 9.99. The van der Waals surface area contributed by atoms with E-state index in [0.29, 0.717) is 5.11 Å². The van der Waals surface area contributed by atoms with Crippen molar-refractivity contribution in [2.24, 2.45) is 0 Å². The minimum Gasteiger partial charge on any atom is -0.368 e. The average Bonchev–Trinajstić information content (AvgIpc) is 2.72. The highest BCUT2D eigenvalue weighted by molar-refractivity contribution is 7.80. The van der Waals surface area contributed by atoms with Gasteiger partial charge in [0, 0.05) is 18.1 Å². The zero-order valence-corrected chi connectivity index (χ0v) is 9.57. The van der Waals surface area contributed by atoms with Gasteiger partial charge < -0.3 is 10.4 Å². The van der Waals surface area contributed by atoms with Crippen LogP contribution in [0.5, 0.6) is 0 Å². The Labute approximate surface area is 99.3 Å². The number of aromatic nitrogens is 1. The van der Waals surface area contributed by atoms with E-state index in [-0.39, 0.29) is 6.04 Å². The van der Waals surface area contributed by atoms with Gasteiger partial charge in [-0.25, -0.2) is 0 Å². The molecule has 0 bridgehead atoms. The Balaban J connectivity index is 2.03. The summed E-state index contributed by atoms with van der Waals surface area (Å²) in [5.41, 5.74) is 0.0534. The van der Waals surface area contributed by atoms with E-state index in [1.165, 1.54) is 0 Å². The third-order valence-corrected chi connectivity index (χ3v) is 3.70. The quantitative estimate of drug-likeness (QED) is 0.712. The monoisotopic (exact) mass is 235 g/mol. The number of aliphatic hydroxyl groups is 1. The van der Waals surface area contributed by atoms with Crippen LogP contribution in [0.2, 0.25) is 0 Å². The molecule has 1 aliphatic carbocycles. The van der Waals surface area contributed by atoms with E-state index in [2.05, 4.69) is 10.3 Å². The molecule has 2 unspecified atom stereocenters. The van der Waals surface area contributed by atoms with E-state index in [1.54, 1.807) is 12.4 Å². The van der Waals surface area contributed by atoms with Gasteiger partial charge in [-0.05, 0) is 43.6 Å². The summed E-state index contributed by atoms with van der Waals surface area (Å²) < 4.78 is 0. The molecule has 4 nitrogen and oxygen atoms in total. The molecule has 2 fully saturated rings. The van der Waals surface area contributed by atoms with E-state index in [9.17, 15) is 5.11 Å². The molecule has 84 valence electrons. The third kappa shape index (κ3) is 1.25. The van der Waals surface area contributed by atoms with Gasteiger partial charge in [-0.2, -0.15) is 0 Å². The summed E-state index contributed by atoms with van der Waals surface area (Å²) in [5.74, 6) is 0. The van der Waals surface area contributed by atoms with Crippen molar-refractivity contribution in [1.82, 2.24) is 10.3 Å². The molecule has 5 heteroatoms. The van der Waals surface area contributed by atoms with Crippen molar-refractivity contribution >= 4 is 23.0 Å².